The highest BCUT2D eigenvalue weighted by Gasteiger charge is 2.39. The molecule has 2 aliphatic rings. The van der Waals surface area contributed by atoms with Crippen LogP contribution in [0.1, 0.15) is 52.9 Å². The van der Waals surface area contributed by atoms with Gasteiger partial charge in [0, 0.05) is 13.1 Å². The second-order valence-corrected chi connectivity index (χ2v) is 7.62. The maximum atomic E-state index is 12.4. The number of carboxylic acids is 1. The van der Waals surface area contributed by atoms with E-state index in [0.29, 0.717) is 0 Å². The predicted octanol–water partition coefficient (Wildman–Crippen LogP) is 2.46. The minimum atomic E-state index is -1.16. The summed E-state index contributed by atoms with van der Waals surface area (Å²) >= 11 is 0. The molecule has 1 atom stereocenters. The number of piperazine rings is 1. The summed E-state index contributed by atoms with van der Waals surface area (Å²) in [6.07, 6.45) is 3.50. The maximum absolute atomic E-state index is 12.4. The van der Waals surface area contributed by atoms with E-state index in [1.54, 1.807) is 20.8 Å². The third kappa shape index (κ3) is 5.51. The standard InChI is InChI=1S/C17H28N2O6/c1-17(2,3)25-15(22)18-9-10-19(13(11-18)14(20)21)16(23)24-12-7-5-4-6-8-12/h12-13H,4-11H2,1-3H3,(H,20,21). The first-order valence-corrected chi connectivity index (χ1v) is 8.85. The van der Waals surface area contributed by atoms with E-state index >= 15 is 0 Å². The zero-order chi connectivity index (χ0) is 18.6. The molecule has 1 aliphatic heterocycles. The molecule has 142 valence electrons. The first-order valence-electron chi connectivity index (χ1n) is 8.85. The van der Waals surface area contributed by atoms with Gasteiger partial charge in [-0.1, -0.05) is 6.42 Å². The number of nitrogens with zero attached hydrogens (tertiary/aromatic N) is 2. The van der Waals surface area contributed by atoms with Gasteiger partial charge in [0.25, 0.3) is 0 Å². The average molecular weight is 356 g/mol. The smallest absolute Gasteiger partial charge is 0.410 e. The normalized spacial score (nSPS) is 22.4. The number of carboxylic acid groups (broad SMARTS) is 1. The molecule has 1 saturated heterocycles. The number of carbonyl (C=O) groups excluding carboxylic acids is 2. The molecule has 2 rings (SSSR count). The van der Waals surface area contributed by atoms with E-state index in [1.165, 1.54) is 9.80 Å². The Morgan fingerprint density at radius 2 is 1.64 bits per heavy atom. The van der Waals surface area contributed by atoms with Crippen LogP contribution in [0.4, 0.5) is 9.59 Å². The first-order chi connectivity index (χ1) is 11.7. The minimum Gasteiger partial charge on any atom is -0.480 e. The van der Waals surface area contributed by atoms with Crippen LogP contribution in [-0.4, -0.2) is 70.4 Å². The zero-order valence-electron chi connectivity index (χ0n) is 15.2. The number of carbonyl (C=O) groups is 3. The van der Waals surface area contributed by atoms with Gasteiger partial charge >= 0.3 is 18.2 Å². The fourth-order valence-corrected chi connectivity index (χ4v) is 3.10. The molecule has 1 heterocycles. The van der Waals surface area contributed by atoms with Crippen LogP contribution >= 0.6 is 0 Å². The highest BCUT2D eigenvalue weighted by molar-refractivity contribution is 5.82. The van der Waals surface area contributed by atoms with Crippen molar-refractivity contribution in [2.45, 2.75) is 70.6 Å². The van der Waals surface area contributed by atoms with E-state index < -0.39 is 29.8 Å². The minimum absolute atomic E-state index is 0.107. The predicted molar refractivity (Wildman–Crippen MR) is 89.3 cm³/mol. The molecule has 2 fully saturated rings. The van der Waals surface area contributed by atoms with Gasteiger partial charge in [-0.05, 0) is 46.5 Å². The van der Waals surface area contributed by atoms with Crippen molar-refractivity contribution >= 4 is 18.2 Å². The van der Waals surface area contributed by atoms with Gasteiger partial charge in [0.05, 0.1) is 6.54 Å². The van der Waals surface area contributed by atoms with Crippen molar-refractivity contribution in [3.63, 3.8) is 0 Å². The third-order valence-electron chi connectivity index (χ3n) is 4.37. The molecule has 1 unspecified atom stereocenters. The molecular weight excluding hydrogens is 328 g/mol. The second kappa shape index (κ2) is 7.93. The average Bonchev–Trinajstić information content (AvgIpc) is 2.53. The van der Waals surface area contributed by atoms with Crippen molar-refractivity contribution in [1.82, 2.24) is 9.80 Å². The molecule has 0 aromatic carbocycles. The first kappa shape index (κ1) is 19.3. The van der Waals surface area contributed by atoms with E-state index in [1.807, 2.05) is 0 Å². The van der Waals surface area contributed by atoms with Crippen LogP contribution in [0.5, 0.6) is 0 Å². The fraction of sp³-hybridized carbons (Fsp3) is 0.824. The molecule has 0 aromatic heterocycles. The number of hydrogen-bond acceptors (Lipinski definition) is 5. The molecule has 1 aliphatic carbocycles. The van der Waals surface area contributed by atoms with Gasteiger partial charge in [0.1, 0.15) is 11.7 Å². The van der Waals surface area contributed by atoms with Crippen molar-refractivity contribution in [2.75, 3.05) is 19.6 Å². The van der Waals surface area contributed by atoms with Crippen molar-refractivity contribution < 1.29 is 29.0 Å². The van der Waals surface area contributed by atoms with E-state index in [4.69, 9.17) is 9.47 Å². The van der Waals surface area contributed by atoms with Crippen molar-refractivity contribution in [3.05, 3.63) is 0 Å². The molecular formula is C17H28N2O6. The number of hydrogen-bond donors (Lipinski definition) is 1. The Morgan fingerprint density at radius 1 is 1.00 bits per heavy atom. The lowest BCUT2D eigenvalue weighted by Gasteiger charge is -2.39. The summed E-state index contributed by atoms with van der Waals surface area (Å²) in [6.45, 7) is 5.47. The van der Waals surface area contributed by atoms with Crippen molar-refractivity contribution in [1.29, 1.82) is 0 Å². The molecule has 0 aromatic rings. The summed E-state index contributed by atoms with van der Waals surface area (Å²) < 4.78 is 10.8. The van der Waals surface area contributed by atoms with E-state index in [2.05, 4.69) is 0 Å². The zero-order valence-corrected chi connectivity index (χ0v) is 15.2. The summed E-state index contributed by atoms with van der Waals surface area (Å²) in [5.41, 5.74) is -0.660. The number of ether oxygens (including phenoxy) is 2. The van der Waals surface area contributed by atoms with Gasteiger partial charge in [-0.3, -0.25) is 4.90 Å². The number of amides is 2. The Hall–Kier alpha value is -1.99. The third-order valence-corrected chi connectivity index (χ3v) is 4.37. The van der Waals surface area contributed by atoms with Crippen LogP contribution in [0.3, 0.4) is 0 Å². The number of rotatable bonds is 2. The van der Waals surface area contributed by atoms with Crippen molar-refractivity contribution in [3.8, 4) is 0 Å². The Bertz CT molecular complexity index is 510. The van der Waals surface area contributed by atoms with E-state index in [0.717, 1.165) is 32.1 Å². The molecule has 1 N–H and O–H groups in total. The van der Waals surface area contributed by atoms with Crippen LogP contribution in [0, 0.1) is 0 Å². The van der Waals surface area contributed by atoms with Crippen LogP contribution in [-0.2, 0) is 14.3 Å². The summed E-state index contributed by atoms with van der Waals surface area (Å²) in [7, 11) is 0. The van der Waals surface area contributed by atoms with Crippen LogP contribution in [0.15, 0.2) is 0 Å². The molecule has 8 heteroatoms. The van der Waals surface area contributed by atoms with Crippen LogP contribution in [0.25, 0.3) is 0 Å². The molecule has 25 heavy (non-hydrogen) atoms. The second-order valence-electron chi connectivity index (χ2n) is 7.62. The molecule has 8 nitrogen and oxygen atoms in total. The van der Waals surface area contributed by atoms with Gasteiger partial charge in [-0.15, -0.1) is 0 Å². The maximum Gasteiger partial charge on any atom is 0.410 e. The van der Waals surface area contributed by atoms with Gasteiger partial charge in [0.2, 0.25) is 0 Å². The Labute approximate surface area is 148 Å². The quantitative estimate of drug-likeness (QED) is 0.816. The molecule has 2 amide bonds. The summed E-state index contributed by atoms with van der Waals surface area (Å²) in [5, 5.41) is 9.47. The Morgan fingerprint density at radius 3 is 2.20 bits per heavy atom. The Balaban J connectivity index is 1.97. The summed E-state index contributed by atoms with van der Waals surface area (Å²) in [5.74, 6) is -1.16. The van der Waals surface area contributed by atoms with Crippen LogP contribution in [0.2, 0.25) is 0 Å². The molecule has 0 radical (unpaired) electrons. The summed E-state index contributed by atoms with van der Waals surface area (Å²) in [6, 6.07) is -1.13. The number of aliphatic carboxylic acids is 1. The monoisotopic (exact) mass is 356 g/mol. The van der Waals surface area contributed by atoms with E-state index in [-0.39, 0.29) is 25.7 Å². The van der Waals surface area contributed by atoms with Crippen molar-refractivity contribution in [2.24, 2.45) is 0 Å². The van der Waals surface area contributed by atoms with Gasteiger partial charge in [-0.25, -0.2) is 14.4 Å². The lowest BCUT2D eigenvalue weighted by molar-refractivity contribution is -0.145. The van der Waals surface area contributed by atoms with E-state index in [9.17, 15) is 19.5 Å². The van der Waals surface area contributed by atoms with Gasteiger partial charge in [0.15, 0.2) is 6.04 Å². The summed E-state index contributed by atoms with van der Waals surface area (Å²) in [4.78, 5) is 38.7. The lowest BCUT2D eigenvalue weighted by atomic mass is 9.98. The van der Waals surface area contributed by atoms with Crippen LogP contribution < -0.4 is 0 Å². The largest absolute Gasteiger partial charge is 0.480 e. The highest BCUT2D eigenvalue weighted by Crippen LogP contribution is 2.22. The van der Waals surface area contributed by atoms with Gasteiger partial charge < -0.3 is 19.5 Å². The Kier molecular flexibility index (Phi) is 6.13. The molecule has 1 saturated carbocycles. The SMILES string of the molecule is CC(C)(C)OC(=O)N1CCN(C(=O)OC2CCCCC2)C(C(=O)O)C1. The topological polar surface area (TPSA) is 96.4 Å². The lowest BCUT2D eigenvalue weighted by Crippen LogP contribution is -2.60. The van der Waals surface area contributed by atoms with Gasteiger partial charge in [-0.2, -0.15) is 0 Å². The highest BCUT2D eigenvalue weighted by atomic mass is 16.6. The molecule has 0 spiro atoms. The molecule has 0 bridgehead atoms. The fourth-order valence-electron chi connectivity index (χ4n) is 3.10.